The highest BCUT2D eigenvalue weighted by Crippen LogP contribution is 2.37. The molecular weight excluding hydrogens is 386 g/mol. The van der Waals surface area contributed by atoms with Crippen molar-refractivity contribution in [1.82, 2.24) is 23.0 Å². The fraction of sp³-hybridized carbons (Fsp3) is 0.333. The highest BCUT2D eigenvalue weighted by atomic mass is 32.2. The molecule has 4 aromatic rings. The number of rotatable bonds is 4. The van der Waals surface area contributed by atoms with E-state index in [2.05, 4.69) is 54.5 Å². The van der Waals surface area contributed by atoms with Crippen LogP contribution in [0.5, 0.6) is 0 Å². The van der Waals surface area contributed by atoms with E-state index in [4.69, 9.17) is 0 Å². The Labute approximate surface area is 170 Å². The lowest BCUT2D eigenvalue weighted by molar-refractivity contribution is 0.503. The molecule has 0 spiro atoms. The number of aryl methyl sites for hydroxylation is 2. The van der Waals surface area contributed by atoms with Crippen molar-refractivity contribution in [2.24, 2.45) is 0 Å². The van der Waals surface area contributed by atoms with E-state index >= 15 is 0 Å². The summed E-state index contributed by atoms with van der Waals surface area (Å²) >= 11 is 0. The van der Waals surface area contributed by atoms with Crippen molar-refractivity contribution in [2.45, 2.75) is 34.2 Å². The van der Waals surface area contributed by atoms with Gasteiger partial charge in [-0.3, -0.25) is 0 Å². The topological polar surface area (TPSA) is 73.0 Å². The van der Waals surface area contributed by atoms with Crippen LogP contribution in [0, 0.1) is 27.7 Å². The molecule has 0 N–H and O–H groups in total. The maximum Gasteiger partial charge on any atom is 0.323 e. The average Bonchev–Trinajstić information content (AvgIpc) is 3.29. The van der Waals surface area contributed by atoms with Crippen LogP contribution in [0.15, 0.2) is 30.6 Å². The van der Waals surface area contributed by atoms with Crippen LogP contribution >= 0.6 is 0 Å². The van der Waals surface area contributed by atoms with Crippen molar-refractivity contribution in [2.75, 3.05) is 14.1 Å². The van der Waals surface area contributed by atoms with Gasteiger partial charge in [-0.25, -0.2) is 4.98 Å². The van der Waals surface area contributed by atoms with E-state index in [-0.39, 0.29) is 0 Å². The largest absolute Gasteiger partial charge is 0.332 e. The van der Waals surface area contributed by atoms with Gasteiger partial charge in [0, 0.05) is 30.4 Å². The van der Waals surface area contributed by atoms with E-state index in [0.29, 0.717) is 12.4 Å². The first-order chi connectivity index (χ1) is 13.6. The summed E-state index contributed by atoms with van der Waals surface area (Å²) < 4.78 is 28.9. The normalized spacial score (nSPS) is 12.5. The van der Waals surface area contributed by atoms with Gasteiger partial charge in [0.15, 0.2) is 5.82 Å². The molecule has 2 aromatic heterocycles. The van der Waals surface area contributed by atoms with Crippen molar-refractivity contribution in [3.05, 3.63) is 58.7 Å². The molecule has 8 heteroatoms. The standard InChI is InChI=1S/C21H25N5O2S/c1-13-14(2)16(4)21-20(15(13)3)17-9-7-8-10-18(17)25(21)11-19-22-12-26(23-19)29(27,28)24(5)6/h7-10,12H,11H2,1-6H3. The highest BCUT2D eigenvalue weighted by Gasteiger charge is 2.21. The second kappa shape index (κ2) is 6.67. The first-order valence-electron chi connectivity index (χ1n) is 9.45. The zero-order valence-corrected chi connectivity index (χ0v) is 18.4. The second-order valence-corrected chi connectivity index (χ2v) is 9.65. The molecule has 0 amide bonds. The van der Waals surface area contributed by atoms with Crippen LogP contribution in [0.3, 0.4) is 0 Å². The number of benzene rings is 2. The van der Waals surface area contributed by atoms with Crippen molar-refractivity contribution in [3.63, 3.8) is 0 Å². The predicted octanol–water partition coefficient (Wildman–Crippen LogP) is 3.32. The summed E-state index contributed by atoms with van der Waals surface area (Å²) in [6.45, 7) is 9.01. The molecule has 0 bridgehead atoms. The minimum atomic E-state index is -3.68. The molecule has 4 rings (SSSR count). The summed E-state index contributed by atoms with van der Waals surface area (Å²) in [7, 11) is -0.734. The number of fused-ring (bicyclic) bond motifs is 3. The lowest BCUT2D eigenvalue weighted by Gasteiger charge is -2.14. The molecule has 0 fully saturated rings. The summed E-state index contributed by atoms with van der Waals surface area (Å²) in [5, 5.41) is 6.66. The maximum atomic E-state index is 12.3. The molecule has 7 nitrogen and oxygen atoms in total. The molecule has 0 saturated heterocycles. The first-order valence-corrected chi connectivity index (χ1v) is 10.8. The number of para-hydroxylation sites is 1. The molecule has 0 atom stereocenters. The highest BCUT2D eigenvalue weighted by molar-refractivity contribution is 7.87. The Morgan fingerprint density at radius 1 is 0.966 bits per heavy atom. The summed E-state index contributed by atoms with van der Waals surface area (Å²) in [4.78, 5) is 4.27. The lowest BCUT2D eigenvalue weighted by Crippen LogP contribution is -2.29. The smallest absolute Gasteiger partial charge is 0.323 e. The molecule has 0 unspecified atom stereocenters. The Balaban J connectivity index is 1.96. The Morgan fingerprint density at radius 3 is 2.31 bits per heavy atom. The molecule has 0 aliphatic carbocycles. The van der Waals surface area contributed by atoms with Gasteiger partial charge in [-0.05, 0) is 56.0 Å². The first kappa shape index (κ1) is 19.6. The average molecular weight is 412 g/mol. The van der Waals surface area contributed by atoms with Crippen molar-refractivity contribution in [3.8, 4) is 0 Å². The van der Waals surface area contributed by atoms with Gasteiger partial charge >= 0.3 is 10.2 Å². The van der Waals surface area contributed by atoms with Crippen LogP contribution in [0.25, 0.3) is 21.8 Å². The summed E-state index contributed by atoms with van der Waals surface area (Å²) in [6, 6.07) is 8.29. The van der Waals surface area contributed by atoms with Gasteiger partial charge in [-0.15, -0.1) is 9.19 Å². The third-order valence-corrected chi connectivity index (χ3v) is 7.48. The summed E-state index contributed by atoms with van der Waals surface area (Å²) in [5.74, 6) is 0.452. The van der Waals surface area contributed by atoms with Crippen LogP contribution in [0.4, 0.5) is 0 Å². The fourth-order valence-electron chi connectivity index (χ4n) is 3.94. The molecule has 0 aliphatic heterocycles. The molecular formula is C21H25N5O2S. The lowest BCUT2D eigenvalue weighted by atomic mass is 9.94. The minimum Gasteiger partial charge on any atom is -0.332 e. The molecule has 2 heterocycles. The van der Waals surface area contributed by atoms with Crippen molar-refractivity contribution < 1.29 is 8.42 Å². The molecule has 0 saturated carbocycles. The number of nitrogens with zero attached hydrogens (tertiary/aromatic N) is 5. The van der Waals surface area contributed by atoms with Gasteiger partial charge in [-0.2, -0.15) is 12.7 Å². The zero-order valence-electron chi connectivity index (χ0n) is 17.6. The number of aromatic nitrogens is 4. The Bertz CT molecular complexity index is 1360. The van der Waals surface area contributed by atoms with E-state index in [1.54, 1.807) is 0 Å². The molecule has 152 valence electrons. The van der Waals surface area contributed by atoms with Gasteiger partial charge in [0.2, 0.25) is 0 Å². The minimum absolute atomic E-state index is 0.392. The Kier molecular flexibility index (Phi) is 4.51. The summed E-state index contributed by atoms with van der Waals surface area (Å²) in [6.07, 6.45) is 1.26. The van der Waals surface area contributed by atoms with Gasteiger partial charge in [0.1, 0.15) is 6.33 Å². The van der Waals surface area contributed by atoms with Crippen LogP contribution in [-0.2, 0) is 16.8 Å². The second-order valence-electron chi connectivity index (χ2n) is 7.65. The predicted molar refractivity (Wildman–Crippen MR) is 116 cm³/mol. The summed E-state index contributed by atoms with van der Waals surface area (Å²) in [5.41, 5.74) is 7.31. The van der Waals surface area contributed by atoms with Gasteiger partial charge in [-0.1, -0.05) is 18.2 Å². The molecule has 2 aromatic carbocycles. The van der Waals surface area contributed by atoms with Crippen LogP contribution in [0.2, 0.25) is 0 Å². The number of hydrogen-bond donors (Lipinski definition) is 0. The Hall–Kier alpha value is -2.71. The van der Waals surface area contributed by atoms with E-state index in [0.717, 1.165) is 19.4 Å². The van der Waals surface area contributed by atoms with E-state index in [9.17, 15) is 8.42 Å². The monoisotopic (exact) mass is 411 g/mol. The van der Waals surface area contributed by atoms with Crippen LogP contribution in [-0.4, -0.2) is 45.6 Å². The maximum absolute atomic E-state index is 12.3. The van der Waals surface area contributed by atoms with Crippen LogP contribution in [0.1, 0.15) is 28.1 Å². The van der Waals surface area contributed by atoms with Gasteiger partial charge < -0.3 is 4.57 Å². The third kappa shape index (κ3) is 2.86. The molecule has 0 radical (unpaired) electrons. The third-order valence-electron chi connectivity index (χ3n) is 5.91. The van der Waals surface area contributed by atoms with E-state index < -0.39 is 10.2 Å². The molecule has 0 aliphatic rings. The van der Waals surface area contributed by atoms with Crippen LogP contribution < -0.4 is 0 Å². The van der Waals surface area contributed by atoms with Gasteiger partial charge in [0.25, 0.3) is 0 Å². The van der Waals surface area contributed by atoms with Crippen molar-refractivity contribution in [1.29, 1.82) is 0 Å². The van der Waals surface area contributed by atoms with Crippen molar-refractivity contribution >= 4 is 32.0 Å². The van der Waals surface area contributed by atoms with E-state index in [1.807, 2.05) is 12.1 Å². The Morgan fingerprint density at radius 2 is 1.62 bits per heavy atom. The molecule has 29 heavy (non-hydrogen) atoms. The SMILES string of the molecule is Cc1c(C)c(C)c2c(c1C)c1ccccc1n2Cc1ncn(S(=O)(=O)N(C)C)n1. The fourth-order valence-corrected chi connectivity index (χ4v) is 4.64. The van der Waals surface area contributed by atoms with Gasteiger partial charge in [0.05, 0.1) is 12.1 Å². The number of hydrogen-bond acceptors (Lipinski definition) is 4. The zero-order chi connectivity index (χ0) is 21.1. The quantitative estimate of drug-likeness (QED) is 0.516. The van der Waals surface area contributed by atoms with E-state index in [1.165, 1.54) is 53.4 Å².